The topological polar surface area (TPSA) is 83.8 Å². The summed E-state index contributed by atoms with van der Waals surface area (Å²) in [7, 11) is 0. The Balaban J connectivity index is 1.56. The molecule has 5 rings (SSSR count). The van der Waals surface area contributed by atoms with E-state index in [9.17, 15) is 5.26 Å². The average molecular weight is 416 g/mol. The van der Waals surface area contributed by atoms with Crippen LogP contribution in [0, 0.1) is 18.3 Å². The maximum atomic E-state index is 9.55. The van der Waals surface area contributed by atoms with Crippen LogP contribution in [-0.2, 0) is 0 Å². The van der Waals surface area contributed by atoms with Gasteiger partial charge in [0, 0.05) is 40.7 Å². The highest BCUT2D eigenvalue weighted by Crippen LogP contribution is 2.35. The van der Waals surface area contributed by atoms with Crippen molar-refractivity contribution in [2.75, 3.05) is 13.1 Å². The van der Waals surface area contributed by atoms with Gasteiger partial charge in [0.25, 0.3) is 0 Å². The first-order valence-electron chi connectivity index (χ1n) is 9.99. The minimum Gasteiger partial charge on any atom is -0.315 e. The standard InChI is InChI=1S/C22H21N7S/c1-15-4-2-6-21(27-15)30-20-8-16(13-29-22(20)17(9-23)10-26-29)18-11-25-28(14-18)19-5-3-7-24-12-19/h2,4,6,8,10-11,13-14,19,24H,3,5,7,12H2,1H3. The summed E-state index contributed by atoms with van der Waals surface area (Å²) in [5.41, 5.74) is 4.37. The van der Waals surface area contributed by atoms with Crippen LogP contribution in [0.5, 0.6) is 0 Å². The number of hydrogen-bond acceptors (Lipinski definition) is 6. The third-order valence-corrected chi connectivity index (χ3v) is 6.32. The Morgan fingerprint density at radius 2 is 2.13 bits per heavy atom. The monoisotopic (exact) mass is 415 g/mol. The Bertz CT molecular complexity index is 1240. The Morgan fingerprint density at radius 1 is 1.20 bits per heavy atom. The van der Waals surface area contributed by atoms with E-state index in [0.29, 0.717) is 11.6 Å². The van der Waals surface area contributed by atoms with Crippen molar-refractivity contribution >= 4 is 17.3 Å². The number of rotatable bonds is 4. The minimum absolute atomic E-state index is 0.386. The molecule has 0 bridgehead atoms. The van der Waals surface area contributed by atoms with E-state index in [1.807, 2.05) is 37.5 Å². The van der Waals surface area contributed by atoms with Crippen LogP contribution in [0.4, 0.5) is 0 Å². The highest BCUT2D eigenvalue weighted by Gasteiger charge is 2.18. The molecular weight excluding hydrogens is 394 g/mol. The second kappa shape index (κ2) is 7.94. The summed E-state index contributed by atoms with van der Waals surface area (Å²) in [4.78, 5) is 5.56. The maximum absolute atomic E-state index is 9.55. The molecule has 8 heteroatoms. The number of nitriles is 1. The smallest absolute Gasteiger partial charge is 0.103 e. The molecule has 0 amide bonds. The summed E-state index contributed by atoms with van der Waals surface area (Å²) in [5, 5.41) is 22.9. The lowest BCUT2D eigenvalue weighted by atomic mass is 10.1. The highest BCUT2D eigenvalue weighted by molar-refractivity contribution is 7.99. The zero-order valence-corrected chi connectivity index (χ0v) is 17.4. The Hall–Kier alpha value is -3.15. The minimum atomic E-state index is 0.386. The molecule has 30 heavy (non-hydrogen) atoms. The van der Waals surface area contributed by atoms with E-state index in [1.54, 1.807) is 22.5 Å². The summed E-state index contributed by atoms with van der Waals surface area (Å²) in [5.74, 6) is 0. The number of hydrogen-bond donors (Lipinski definition) is 1. The van der Waals surface area contributed by atoms with Gasteiger partial charge in [-0.3, -0.25) is 4.68 Å². The zero-order chi connectivity index (χ0) is 20.5. The van der Waals surface area contributed by atoms with Gasteiger partial charge in [-0.1, -0.05) is 17.8 Å². The van der Waals surface area contributed by atoms with Gasteiger partial charge < -0.3 is 5.32 Å². The van der Waals surface area contributed by atoms with E-state index in [-0.39, 0.29) is 0 Å². The summed E-state index contributed by atoms with van der Waals surface area (Å²) >= 11 is 1.55. The number of fused-ring (bicyclic) bond motifs is 1. The van der Waals surface area contributed by atoms with E-state index >= 15 is 0 Å². The number of aromatic nitrogens is 5. The summed E-state index contributed by atoms with van der Waals surface area (Å²) in [6.07, 6.45) is 9.89. The molecule has 5 heterocycles. The van der Waals surface area contributed by atoms with Crippen molar-refractivity contribution in [1.29, 1.82) is 5.26 Å². The molecule has 1 aliphatic heterocycles. The maximum Gasteiger partial charge on any atom is 0.103 e. The van der Waals surface area contributed by atoms with Crippen LogP contribution < -0.4 is 5.32 Å². The molecule has 0 radical (unpaired) electrons. The number of nitrogens with one attached hydrogen (secondary N) is 1. The molecule has 0 saturated carbocycles. The van der Waals surface area contributed by atoms with Crippen molar-refractivity contribution in [2.24, 2.45) is 0 Å². The Labute approximate surface area is 178 Å². The molecule has 1 fully saturated rings. The van der Waals surface area contributed by atoms with Crippen molar-refractivity contribution in [1.82, 2.24) is 29.7 Å². The molecule has 0 aromatic carbocycles. The third-order valence-electron chi connectivity index (χ3n) is 5.35. The number of aryl methyl sites for hydroxylation is 1. The van der Waals surface area contributed by atoms with E-state index in [2.05, 4.69) is 43.5 Å². The first-order chi connectivity index (χ1) is 14.7. The fourth-order valence-electron chi connectivity index (χ4n) is 3.84. The number of pyridine rings is 2. The summed E-state index contributed by atoms with van der Waals surface area (Å²) in [6, 6.07) is 10.7. The van der Waals surface area contributed by atoms with Crippen molar-refractivity contribution in [3.8, 4) is 17.2 Å². The van der Waals surface area contributed by atoms with E-state index in [1.165, 1.54) is 6.42 Å². The fourth-order valence-corrected chi connectivity index (χ4v) is 4.88. The van der Waals surface area contributed by atoms with E-state index in [4.69, 9.17) is 0 Å². The summed E-state index contributed by atoms with van der Waals surface area (Å²) < 4.78 is 3.84. The molecule has 1 unspecified atom stereocenters. The van der Waals surface area contributed by atoms with Crippen LogP contribution >= 0.6 is 11.8 Å². The van der Waals surface area contributed by atoms with Crippen LogP contribution in [0.1, 0.15) is 30.1 Å². The van der Waals surface area contributed by atoms with Gasteiger partial charge in [0.1, 0.15) is 11.1 Å². The molecule has 1 N–H and O–H groups in total. The lowest BCUT2D eigenvalue weighted by molar-refractivity contribution is 0.347. The Kier molecular flexibility index (Phi) is 4.99. The van der Waals surface area contributed by atoms with Crippen LogP contribution in [0.25, 0.3) is 16.6 Å². The number of piperidine rings is 1. The lowest BCUT2D eigenvalue weighted by Gasteiger charge is -2.22. The quantitative estimate of drug-likeness (QED) is 0.545. The molecule has 150 valence electrons. The van der Waals surface area contributed by atoms with Crippen LogP contribution in [0.2, 0.25) is 0 Å². The van der Waals surface area contributed by atoms with E-state index < -0.39 is 0 Å². The fraction of sp³-hybridized carbons (Fsp3) is 0.273. The van der Waals surface area contributed by atoms with Crippen LogP contribution in [-0.4, -0.2) is 37.5 Å². The molecule has 4 aromatic heterocycles. The first kappa shape index (κ1) is 18.9. The summed E-state index contributed by atoms with van der Waals surface area (Å²) in [6.45, 7) is 4.00. The Morgan fingerprint density at radius 3 is 2.93 bits per heavy atom. The van der Waals surface area contributed by atoms with Gasteiger partial charge in [-0.15, -0.1) is 0 Å². The molecule has 0 aliphatic carbocycles. The van der Waals surface area contributed by atoms with Crippen molar-refractivity contribution in [3.63, 3.8) is 0 Å². The second-order valence-corrected chi connectivity index (χ2v) is 8.55. The van der Waals surface area contributed by atoms with Crippen molar-refractivity contribution in [2.45, 2.75) is 35.7 Å². The normalized spacial score (nSPS) is 16.6. The second-order valence-electron chi connectivity index (χ2n) is 7.48. The largest absolute Gasteiger partial charge is 0.315 e. The van der Waals surface area contributed by atoms with E-state index in [0.717, 1.165) is 51.8 Å². The predicted molar refractivity (Wildman–Crippen MR) is 115 cm³/mol. The molecule has 1 saturated heterocycles. The predicted octanol–water partition coefficient (Wildman–Crippen LogP) is 3.85. The number of nitrogens with zero attached hydrogens (tertiary/aromatic N) is 6. The van der Waals surface area contributed by atoms with Crippen molar-refractivity contribution in [3.05, 3.63) is 60.3 Å². The lowest BCUT2D eigenvalue weighted by Crippen LogP contribution is -2.31. The highest BCUT2D eigenvalue weighted by atomic mass is 32.2. The van der Waals surface area contributed by atoms with Gasteiger partial charge in [-0.25, -0.2) is 9.50 Å². The SMILES string of the molecule is Cc1cccc(Sc2cc(-c3cnn(C4CCCNC4)c3)cn3ncc(C#N)c23)n1. The van der Waals surface area contributed by atoms with Crippen molar-refractivity contribution < 1.29 is 0 Å². The molecule has 4 aromatic rings. The first-order valence-corrected chi connectivity index (χ1v) is 10.8. The van der Waals surface area contributed by atoms with Gasteiger partial charge >= 0.3 is 0 Å². The van der Waals surface area contributed by atoms with Gasteiger partial charge in [-0.2, -0.15) is 15.5 Å². The van der Waals surface area contributed by atoms with Gasteiger partial charge in [0.05, 0.1) is 29.5 Å². The molecule has 0 spiro atoms. The zero-order valence-electron chi connectivity index (χ0n) is 16.6. The molecule has 7 nitrogen and oxygen atoms in total. The van der Waals surface area contributed by atoms with Gasteiger partial charge in [0.15, 0.2) is 0 Å². The third kappa shape index (κ3) is 3.58. The molecule has 1 atom stereocenters. The van der Waals surface area contributed by atoms with Crippen LogP contribution in [0.3, 0.4) is 0 Å². The van der Waals surface area contributed by atoms with Gasteiger partial charge in [0.2, 0.25) is 0 Å². The van der Waals surface area contributed by atoms with Crippen LogP contribution in [0.15, 0.2) is 59.0 Å². The molecular formula is C22H21N7S. The molecule has 1 aliphatic rings. The average Bonchev–Trinajstić information content (AvgIpc) is 3.42. The van der Waals surface area contributed by atoms with Gasteiger partial charge in [-0.05, 0) is 44.5 Å².